The lowest BCUT2D eigenvalue weighted by Crippen LogP contribution is -2.22. The first-order chi connectivity index (χ1) is 16.5. The van der Waals surface area contributed by atoms with Gasteiger partial charge >= 0.3 is 0 Å². The molecule has 0 amide bonds. The second-order valence-corrected chi connectivity index (χ2v) is 11.7. The second kappa shape index (κ2) is 12.6. The van der Waals surface area contributed by atoms with Gasteiger partial charge in [0.15, 0.2) is 5.78 Å². The van der Waals surface area contributed by atoms with Crippen LogP contribution in [0.25, 0.3) is 0 Å². The molecular formula is C25H25Cl2N3OS3. The van der Waals surface area contributed by atoms with Crippen LogP contribution in [0.15, 0.2) is 74.2 Å². The van der Waals surface area contributed by atoms with Gasteiger partial charge < -0.3 is 4.72 Å². The van der Waals surface area contributed by atoms with Gasteiger partial charge in [0.25, 0.3) is 0 Å². The quantitative estimate of drug-likeness (QED) is 0.211. The maximum atomic E-state index is 12.7. The zero-order valence-corrected chi connectivity index (χ0v) is 22.7. The van der Waals surface area contributed by atoms with Gasteiger partial charge in [-0.25, -0.2) is 9.29 Å². The predicted molar refractivity (Wildman–Crippen MR) is 147 cm³/mol. The number of aromatic nitrogens is 1. The number of carbonyl (C=O) groups is 1. The predicted octanol–water partition coefficient (Wildman–Crippen LogP) is 8.74. The number of halogens is 2. The van der Waals surface area contributed by atoms with Crippen LogP contribution in [-0.2, 0) is 0 Å². The first-order valence-electron chi connectivity index (χ1n) is 11.1. The van der Waals surface area contributed by atoms with Crippen molar-refractivity contribution >= 4 is 70.5 Å². The van der Waals surface area contributed by atoms with Crippen LogP contribution in [-0.4, -0.2) is 28.2 Å². The summed E-state index contributed by atoms with van der Waals surface area (Å²) in [5, 5.41) is 1.15. The molecule has 2 heterocycles. The summed E-state index contributed by atoms with van der Waals surface area (Å²) in [7, 11) is 0. The lowest BCUT2D eigenvalue weighted by Gasteiger charge is -2.25. The van der Waals surface area contributed by atoms with Crippen LogP contribution in [0.4, 0.5) is 5.82 Å². The summed E-state index contributed by atoms with van der Waals surface area (Å²) >= 11 is 17.0. The maximum absolute atomic E-state index is 12.7. The van der Waals surface area contributed by atoms with Crippen molar-refractivity contribution in [2.45, 2.75) is 52.2 Å². The Labute approximate surface area is 223 Å². The highest BCUT2D eigenvalue weighted by Crippen LogP contribution is 2.35. The number of piperidine rings is 1. The molecule has 0 unspecified atom stereocenters. The molecule has 1 aliphatic heterocycles. The number of nitrogens with zero attached hydrogens (tertiary/aromatic N) is 2. The van der Waals surface area contributed by atoms with Gasteiger partial charge in [-0.1, -0.05) is 48.3 Å². The second-order valence-electron chi connectivity index (χ2n) is 7.75. The summed E-state index contributed by atoms with van der Waals surface area (Å²) in [6, 6.07) is 17.7. The van der Waals surface area contributed by atoms with Crippen molar-refractivity contribution in [2.24, 2.45) is 0 Å². The van der Waals surface area contributed by atoms with Gasteiger partial charge in [-0.05, 0) is 91.3 Å². The highest BCUT2D eigenvalue weighted by atomic mass is 35.5. The fraction of sp³-hybridized carbons (Fsp3) is 0.280. The van der Waals surface area contributed by atoms with E-state index in [9.17, 15) is 4.79 Å². The average molecular weight is 551 g/mol. The van der Waals surface area contributed by atoms with Crippen molar-refractivity contribution in [3.63, 3.8) is 0 Å². The number of hydrogen-bond acceptors (Lipinski definition) is 7. The number of rotatable bonds is 9. The third-order valence-electron chi connectivity index (χ3n) is 5.20. The molecule has 178 valence electrons. The van der Waals surface area contributed by atoms with Crippen molar-refractivity contribution in [3.8, 4) is 0 Å². The Morgan fingerprint density at radius 2 is 1.68 bits per heavy atom. The molecule has 34 heavy (non-hydrogen) atoms. The van der Waals surface area contributed by atoms with E-state index in [0.717, 1.165) is 27.8 Å². The number of hydrogen-bond donors (Lipinski definition) is 1. The molecule has 4 rings (SSSR count). The molecule has 0 bridgehead atoms. The molecule has 1 N–H and O–H groups in total. The van der Waals surface area contributed by atoms with Gasteiger partial charge in [-0.2, -0.15) is 0 Å². The molecule has 0 atom stereocenters. The summed E-state index contributed by atoms with van der Waals surface area (Å²) < 4.78 is 5.63. The van der Waals surface area contributed by atoms with Crippen molar-refractivity contribution in [1.82, 2.24) is 9.29 Å². The molecule has 0 saturated carbocycles. The molecule has 1 aromatic heterocycles. The minimum atomic E-state index is 0.0120. The molecule has 9 heteroatoms. The lowest BCUT2D eigenvalue weighted by atomic mass is 10.2. The van der Waals surface area contributed by atoms with Gasteiger partial charge in [0.2, 0.25) is 0 Å². The van der Waals surface area contributed by atoms with Gasteiger partial charge in [-0.15, -0.1) is 0 Å². The van der Waals surface area contributed by atoms with Crippen LogP contribution in [0.2, 0.25) is 10.0 Å². The SMILES string of the molecule is CCC(=O)c1nc(NSc2ccc(Cl)cc2Cl)ccc1Sc1ccc(SN2CCCCC2)cc1. The molecular weight excluding hydrogens is 525 g/mol. The highest BCUT2D eigenvalue weighted by molar-refractivity contribution is 8.00. The Kier molecular flexibility index (Phi) is 9.51. The monoisotopic (exact) mass is 549 g/mol. The van der Waals surface area contributed by atoms with E-state index in [-0.39, 0.29) is 5.78 Å². The smallest absolute Gasteiger partial charge is 0.182 e. The van der Waals surface area contributed by atoms with Gasteiger partial charge in [0, 0.05) is 44.1 Å². The molecule has 1 saturated heterocycles. The number of benzene rings is 2. The van der Waals surface area contributed by atoms with Crippen LogP contribution in [0.5, 0.6) is 0 Å². The molecule has 0 aliphatic carbocycles. The topological polar surface area (TPSA) is 45.2 Å². The average Bonchev–Trinajstić information content (AvgIpc) is 2.85. The standard InChI is InChI=1S/C25H25Cl2N3OS3/c1-2-21(31)25-23(12-13-24(28-25)29-33-22-11-6-17(26)16-20(22)27)32-18-7-9-19(10-8-18)34-30-14-4-3-5-15-30/h6-13,16H,2-5,14-15H2,1H3,(H,28,29). The van der Waals surface area contributed by atoms with Crippen molar-refractivity contribution < 1.29 is 4.79 Å². The third kappa shape index (κ3) is 7.09. The summed E-state index contributed by atoms with van der Waals surface area (Å²) in [4.78, 5) is 21.3. The molecule has 1 fully saturated rings. The van der Waals surface area contributed by atoms with E-state index in [0.29, 0.717) is 28.0 Å². The van der Waals surface area contributed by atoms with Crippen LogP contribution >= 0.6 is 58.9 Å². The minimum Gasteiger partial charge on any atom is -0.310 e. The van der Waals surface area contributed by atoms with Crippen LogP contribution in [0.3, 0.4) is 0 Å². The Morgan fingerprint density at radius 3 is 2.38 bits per heavy atom. The van der Waals surface area contributed by atoms with E-state index >= 15 is 0 Å². The number of Topliss-reactive ketones (excluding diaryl/α,β-unsaturated/α-hetero) is 1. The number of carbonyl (C=O) groups excluding carboxylic acids is 1. The van der Waals surface area contributed by atoms with Crippen molar-refractivity contribution in [3.05, 3.63) is 70.3 Å². The number of pyridine rings is 1. The summed E-state index contributed by atoms with van der Waals surface area (Å²) in [5.74, 6) is 0.614. The normalized spacial score (nSPS) is 14.2. The van der Waals surface area contributed by atoms with E-state index in [1.165, 1.54) is 36.1 Å². The Hall–Kier alpha value is -1.35. The molecule has 2 aromatic carbocycles. The first-order valence-corrected chi connectivity index (χ1v) is 14.3. The molecule has 0 spiro atoms. The third-order valence-corrected chi connectivity index (χ3v) is 8.91. The van der Waals surface area contributed by atoms with Crippen LogP contribution in [0, 0.1) is 0 Å². The fourth-order valence-electron chi connectivity index (χ4n) is 3.42. The summed E-state index contributed by atoms with van der Waals surface area (Å²) in [6.07, 6.45) is 4.28. The van der Waals surface area contributed by atoms with E-state index in [2.05, 4.69) is 38.3 Å². The van der Waals surface area contributed by atoms with Gasteiger partial charge in [0.1, 0.15) is 11.5 Å². The minimum absolute atomic E-state index is 0.0120. The van der Waals surface area contributed by atoms with Crippen LogP contribution < -0.4 is 4.72 Å². The molecule has 4 nitrogen and oxygen atoms in total. The van der Waals surface area contributed by atoms with Gasteiger partial charge in [-0.3, -0.25) is 4.79 Å². The highest BCUT2D eigenvalue weighted by Gasteiger charge is 2.15. The van der Waals surface area contributed by atoms with E-state index < -0.39 is 0 Å². The van der Waals surface area contributed by atoms with Crippen LogP contribution in [0.1, 0.15) is 43.1 Å². The fourth-order valence-corrected chi connectivity index (χ4v) is 6.48. The lowest BCUT2D eigenvalue weighted by molar-refractivity contribution is 0.0980. The van der Waals surface area contributed by atoms with E-state index in [4.69, 9.17) is 23.2 Å². The number of nitrogens with one attached hydrogen (secondary N) is 1. The van der Waals surface area contributed by atoms with Crippen molar-refractivity contribution in [1.29, 1.82) is 0 Å². The number of anilines is 1. The maximum Gasteiger partial charge on any atom is 0.182 e. The van der Waals surface area contributed by atoms with E-state index in [1.807, 2.05) is 37.1 Å². The van der Waals surface area contributed by atoms with Crippen molar-refractivity contribution in [2.75, 3.05) is 17.8 Å². The first kappa shape index (κ1) is 25.7. The Balaban J connectivity index is 1.45. The Morgan fingerprint density at radius 1 is 0.971 bits per heavy atom. The largest absolute Gasteiger partial charge is 0.310 e. The molecule has 0 radical (unpaired) electrons. The summed E-state index contributed by atoms with van der Waals surface area (Å²) in [5.41, 5.74) is 0.479. The molecule has 3 aromatic rings. The number of ketones is 1. The zero-order valence-electron chi connectivity index (χ0n) is 18.7. The molecule has 1 aliphatic rings. The van der Waals surface area contributed by atoms with Gasteiger partial charge in [0.05, 0.1) is 5.02 Å². The van der Waals surface area contributed by atoms with E-state index in [1.54, 1.807) is 23.9 Å². The zero-order chi connectivity index (χ0) is 23.9. The Bertz CT molecular complexity index is 1140. The summed E-state index contributed by atoms with van der Waals surface area (Å²) in [6.45, 7) is 4.16.